The molecule has 5 rings (SSSR count). The highest BCUT2D eigenvalue weighted by atomic mass is 16.6. The number of fused-ring (bicyclic) bond motifs is 1. The molecule has 2 saturated heterocycles. The van der Waals surface area contributed by atoms with E-state index in [1.54, 1.807) is 29.2 Å². The fourth-order valence-electron chi connectivity index (χ4n) is 4.53. The smallest absolute Gasteiger partial charge is 0.410 e. The van der Waals surface area contributed by atoms with Gasteiger partial charge in [-0.15, -0.1) is 0 Å². The van der Waals surface area contributed by atoms with Gasteiger partial charge < -0.3 is 14.7 Å². The Labute approximate surface area is 179 Å². The van der Waals surface area contributed by atoms with Crippen LogP contribution in [0.1, 0.15) is 34.9 Å². The van der Waals surface area contributed by atoms with E-state index in [9.17, 15) is 14.7 Å². The molecule has 7 heteroatoms. The first-order valence-electron chi connectivity index (χ1n) is 10.5. The molecule has 2 aromatic carbocycles. The first kappa shape index (κ1) is 19.4. The summed E-state index contributed by atoms with van der Waals surface area (Å²) >= 11 is 0. The average molecular weight is 417 g/mol. The van der Waals surface area contributed by atoms with Gasteiger partial charge in [-0.3, -0.25) is 9.69 Å². The van der Waals surface area contributed by atoms with Gasteiger partial charge in [0.1, 0.15) is 23.6 Å². The van der Waals surface area contributed by atoms with E-state index in [2.05, 4.69) is 4.98 Å². The van der Waals surface area contributed by atoms with Gasteiger partial charge in [0.2, 0.25) is 0 Å². The molecular formula is C24H23N3O4. The van der Waals surface area contributed by atoms with Crippen molar-refractivity contribution in [3.05, 3.63) is 71.9 Å². The average Bonchev–Trinajstić information content (AvgIpc) is 3.21. The lowest BCUT2D eigenvalue weighted by Crippen LogP contribution is -2.47. The molecule has 2 aliphatic rings. The lowest BCUT2D eigenvalue weighted by Gasteiger charge is -2.37. The molecule has 2 aliphatic heterocycles. The van der Waals surface area contributed by atoms with E-state index in [1.165, 1.54) is 0 Å². The number of ether oxygens (including phenoxy) is 1. The molecule has 0 radical (unpaired) electrons. The second kappa shape index (κ2) is 7.91. The number of phenolic OH excluding ortho intramolecular Hbond substituents is 1. The van der Waals surface area contributed by atoms with Crippen molar-refractivity contribution in [3.63, 3.8) is 0 Å². The maximum atomic E-state index is 13.0. The first-order chi connectivity index (χ1) is 15.1. The van der Waals surface area contributed by atoms with Crippen LogP contribution in [0.3, 0.4) is 0 Å². The number of hydrogen-bond acceptors (Lipinski definition) is 5. The van der Waals surface area contributed by atoms with E-state index in [0.29, 0.717) is 43.7 Å². The summed E-state index contributed by atoms with van der Waals surface area (Å²) in [6.45, 7) is 1.43. The number of carbonyl (C=O) groups is 2. The van der Waals surface area contributed by atoms with Crippen LogP contribution >= 0.6 is 0 Å². The van der Waals surface area contributed by atoms with Gasteiger partial charge in [-0.1, -0.05) is 48.5 Å². The monoisotopic (exact) mass is 417 g/mol. The minimum atomic E-state index is -0.287. The molecule has 1 aromatic heterocycles. The Hall–Kier alpha value is -3.61. The van der Waals surface area contributed by atoms with Crippen LogP contribution in [0.4, 0.5) is 4.79 Å². The van der Waals surface area contributed by atoms with Crippen LogP contribution < -0.4 is 0 Å². The van der Waals surface area contributed by atoms with Crippen LogP contribution in [0.15, 0.2) is 60.7 Å². The van der Waals surface area contributed by atoms with Crippen LogP contribution in [-0.2, 0) is 4.74 Å². The molecule has 158 valence electrons. The van der Waals surface area contributed by atoms with E-state index in [-0.39, 0.29) is 29.8 Å². The van der Waals surface area contributed by atoms with Gasteiger partial charge in [-0.05, 0) is 30.5 Å². The molecule has 1 unspecified atom stereocenters. The van der Waals surface area contributed by atoms with Crippen molar-refractivity contribution in [1.82, 2.24) is 14.8 Å². The van der Waals surface area contributed by atoms with Gasteiger partial charge in [0.05, 0.1) is 6.04 Å². The van der Waals surface area contributed by atoms with Crippen LogP contribution in [0.5, 0.6) is 5.75 Å². The third-order valence-electron chi connectivity index (χ3n) is 6.16. The number of amides is 2. The lowest BCUT2D eigenvalue weighted by atomic mass is 9.99. The Kier molecular flexibility index (Phi) is 4.94. The second-order valence-corrected chi connectivity index (χ2v) is 7.98. The number of nitrogens with zero attached hydrogens (tertiary/aromatic N) is 3. The van der Waals surface area contributed by atoms with E-state index in [4.69, 9.17) is 4.74 Å². The van der Waals surface area contributed by atoms with Crippen LogP contribution in [-0.4, -0.2) is 57.6 Å². The molecular weight excluding hydrogens is 394 g/mol. The Morgan fingerprint density at radius 3 is 2.55 bits per heavy atom. The number of carbonyl (C=O) groups excluding carboxylic acids is 2. The van der Waals surface area contributed by atoms with Gasteiger partial charge in [0.15, 0.2) is 0 Å². The number of hydrogen-bond donors (Lipinski definition) is 1. The SMILES string of the molecule is O=C(c1ccc2cccc(O)c2n1)N1CCC(N2C(=O)OCC2c2ccccc2)CC1. The zero-order chi connectivity index (χ0) is 21.4. The molecule has 0 spiro atoms. The number of aromatic nitrogens is 1. The summed E-state index contributed by atoms with van der Waals surface area (Å²) in [5.41, 5.74) is 1.80. The lowest BCUT2D eigenvalue weighted by molar-refractivity contribution is 0.0631. The first-order valence-corrected chi connectivity index (χ1v) is 10.5. The van der Waals surface area contributed by atoms with Gasteiger partial charge in [-0.2, -0.15) is 0 Å². The number of cyclic esters (lactones) is 1. The molecule has 2 amide bonds. The fourth-order valence-corrected chi connectivity index (χ4v) is 4.53. The zero-order valence-corrected chi connectivity index (χ0v) is 17.0. The predicted octanol–water partition coefficient (Wildman–Crippen LogP) is 3.74. The quantitative estimate of drug-likeness (QED) is 0.702. The maximum Gasteiger partial charge on any atom is 0.410 e. The largest absolute Gasteiger partial charge is 0.506 e. The molecule has 31 heavy (non-hydrogen) atoms. The summed E-state index contributed by atoms with van der Waals surface area (Å²) in [6, 6.07) is 18.5. The van der Waals surface area contributed by atoms with Crippen LogP contribution in [0.2, 0.25) is 0 Å². The van der Waals surface area contributed by atoms with Crippen molar-refractivity contribution in [3.8, 4) is 5.75 Å². The molecule has 7 nitrogen and oxygen atoms in total. The molecule has 0 aliphatic carbocycles. The Morgan fingerprint density at radius 1 is 1.00 bits per heavy atom. The highest BCUT2D eigenvalue weighted by Crippen LogP contribution is 2.33. The standard InChI is InChI=1S/C24H23N3O4/c28-21-8-4-7-17-9-10-19(25-22(17)21)23(29)26-13-11-18(12-14-26)27-20(15-31-24(27)30)16-5-2-1-3-6-16/h1-10,18,20,28H,11-15H2. The van der Waals surface area contributed by atoms with Gasteiger partial charge >= 0.3 is 6.09 Å². The molecule has 3 aromatic rings. The van der Waals surface area contributed by atoms with E-state index >= 15 is 0 Å². The third-order valence-corrected chi connectivity index (χ3v) is 6.16. The van der Waals surface area contributed by atoms with E-state index < -0.39 is 0 Å². The molecule has 0 bridgehead atoms. The predicted molar refractivity (Wildman–Crippen MR) is 115 cm³/mol. The second-order valence-electron chi connectivity index (χ2n) is 7.98. The topological polar surface area (TPSA) is 83.0 Å². The summed E-state index contributed by atoms with van der Waals surface area (Å²) in [4.78, 5) is 33.4. The highest BCUT2D eigenvalue weighted by molar-refractivity contribution is 5.96. The number of piperidine rings is 1. The van der Waals surface area contributed by atoms with Gasteiger partial charge in [0, 0.05) is 24.5 Å². The van der Waals surface area contributed by atoms with Crippen molar-refractivity contribution >= 4 is 22.9 Å². The van der Waals surface area contributed by atoms with Gasteiger partial charge in [0.25, 0.3) is 5.91 Å². The summed E-state index contributed by atoms with van der Waals surface area (Å²) in [5, 5.41) is 10.8. The summed E-state index contributed by atoms with van der Waals surface area (Å²) in [6.07, 6.45) is 1.08. The highest BCUT2D eigenvalue weighted by Gasteiger charge is 2.40. The Balaban J connectivity index is 1.29. The number of para-hydroxylation sites is 1. The molecule has 1 atom stereocenters. The van der Waals surface area contributed by atoms with Crippen LogP contribution in [0.25, 0.3) is 10.9 Å². The normalized spacial score (nSPS) is 19.6. The van der Waals surface area contributed by atoms with E-state index in [0.717, 1.165) is 10.9 Å². The summed E-state index contributed by atoms with van der Waals surface area (Å²) in [5.74, 6) is -0.0995. The summed E-state index contributed by atoms with van der Waals surface area (Å²) < 4.78 is 5.35. The number of benzene rings is 2. The molecule has 0 saturated carbocycles. The number of likely N-dealkylation sites (tertiary alicyclic amines) is 1. The van der Waals surface area contributed by atoms with E-state index in [1.807, 2.05) is 41.3 Å². The van der Waals surface area contributed by atoms with Crippen molar-refractivity contribution in [1.29, 1.82) is 0 Å². The number of rotatable bonds is 3. The summed E-state index contributed by atoms with van der Waals surface area (Å²) in [7, 11) is 0. The molecule has 2 fully saturated rings. The van der Waals surface area contributed by atoms with Crippen molar-refractivity contribution in [2.45, 2.75) is 24.9 Å². The molecule has 1 N–H and O–H groups in total. The number of phenols is 1. The third kappa shape index (κ3) is 3.56. The number of pyridine rings is 1. The minimum absolute atomic E-state index is 0.0258. The van der Waals surface area contributed by atoms with Crippen molar-refractivity contribution in [2.75, 3.05) is 19.7 Å². The molecule has 3 heterocycles. The van der Waals surface area contributed by atoms with Crippen molar-refractivity contribution in [2.24, 2.45) is 0 Å². The van der Waals surface area contributed by atoms with Crippen molar-refractivity contribution < 1.29 is 19.4 Å². The van der Waals surface area contributed by atoms with Gasteiger partial charge in [-0.25, -0.2) is 9.78 Å². The minimum Gasteiger partial charge on any atom is -0.506 e. The zero-order valence-electron chi connectivity index (χ0n) is 17.0. The fraction of sp³-hybridized carbons (Fsp3) is 0.292. The Morgan fingerprint density at radius 2 is 1.77 bits per heavy atom. The Bertz CT molecular complexity index is 1130. The maximum absolute atomic E-state index is 13.0. The number of aromatic hydroxyl groups is 1. The van der Waals surface area contributed by atoms with Crippen LogP contribution in [0, 0.1) is 0 Å².